The summed E-state index contributed by atoms with van der Waals surface area (Å²) in [6, 6.07) is 7.63. The van der Waals surface area contributed by atoms with Crippen molar-refractivity contribution in [2.24, 2.45) is 0 Å². The molecule has 1 aromatic carbocycles. The maximum absolute atomic E-state index is 12.6. The molecule has 1 N–H and O–H groups in total. The number of hydrogen-bond acceptors (Lipinski definition) is 7. The number of carbonyl (C=O) groups is 1. The first kappa shape index (κ1) is 21.1. The molecule has 0 radical (unpaired) electrons. The van der Waals surface area contributed by atoms with E-state index < -0.39 is 0 Å². The van der Waals surface area contributed by atoms with Gasteiger partial charge in [0.05, 0.1) is 23.6 Å². The van der Waals surface area contributed by atoms with Crippen molar-refractivity contribution in [3.63, 3.8) is 0 Å². The van der Waals surface area contributed by atoms with Crippen molar-refractivity contribution in [2.75, 3.05) is 12.4 Å². The zero-order valence-corrected chi connectivity index (χ0v) is 18.4. The zero-order valence-electron chi connectivity index (χ0n) is 16.8. The van der Waals surface area contributed by atoms with E-state index in [4.69, 9.17) is 4.74 Å². The van der Waals surface area contributed by atoms with Crippen LogP contribution < -0.4 is 10.1 Å². The van der Waals surface area contributed by atoms with Gasteiger partial charge in [-0.3, -0.25) is 9.36 Å². The van der Waals surface area contributed by atoms with Gasteiger partial charge in [-0.05, 0) is 32.9 Å². The van der Waals surface area contributed by atoms with Crippen molar-refractivity contribution in [3.05, 3.63) is 47.5 Å². The fraction of sp³-hybridized carbons (Fsp3) is 0.300. The Hall–Kier alpha value is -2.65. The molecule has 0 spiro atoms. The highest BCUT2D eigenvalue weighted by Gasteiger charge is 2.22. The first-order chi connectivity index (χ1) is 13.9. The van der Waals surface area contributed by atoms with Gasteiger partial charge in [-0.25, -0.2) is 4.98 Å². The molecule has 0 fully saturated rings. The molecule has 0 unspecified atom stereocenters. The van der Waals surface area contributed by atoms with E-state index in [1.807, 2.05) is 49.6 Å². The molecule has 3 aromatic rings. The Morgan fingerprint density at radius 3 is 2.79 bits per heavy atom. The van der Waals surface area contributed by atoms with Crippen molar-refractivity contribution in [1.29, 1.82) is 0 Å². The van der Waals surface area contributed by atoms with Crippen LogP contribution in [0, 0.1) is 13.8 Å². The number of nitrogens with one attached hydrogen (secondary N) is 1. The average Bonchev–Trinajstić information content (AvgIpc) is 3.24. The van der Waals surface area contributed by atoms with Crippen LogP contribution in [0.5, 0.6) is 5.75 Å². The van der Waals surface area contributed by atoms with Gasteiger partial charge in [0.25, 0.3) is 0 Å². The summed E-state index contributed by atoms with van der Waals surface area (Å²) in [5, 5.41) is 12.4. The molecule has 1 atom stereocenters. The smallest absolute Gasteiger partial charge is 0.239 e. The summed E-state index contributed by atoms with van der Waals surface area (Å²) in [6.45, 7) is 10.1. The quantitative estimate of drug-likeness (QED) is 0.424. The second-order valence-electron chi connectivity index (χ2n) is 6.32. The largest absolute Gasteiger partial charge is 0.496 e. The summed E-state index contributed by atoms with van der Waals surface area (Å²) in [7, 11) is 1.62. The molecule has 0 bridgehead atoms. The van der Waals surface area contributed by atoms with Crippen LogP contribution >= 0.6 is 23.1 Å². The average molecular weight is 430 g/mol. The Bertz CT molecular complexity index is 1010. The van der Waals surface area contributed by atoms with Crippen LogP contribution in [0.3, 0.4) is 0 Å². The summed E-state index contributed by atoms with van der Waals surface area (Å²) in [5.74, 6) is 1.25. The van der Waals surface area contributed by atoms with Crippen molar-refractivity contribution in [3.8, 4) is 17.1 Å². The van der Waals surface area contributed by atoms with E-state index in [0.717, 1.165) is 16.1 Å². The summed E-state index contributed by atoms with van der Waals surface area (Å²) in [4.78, 5) is 18.1. The van der Waals surface area contributed by atoms with Gasteiger partial charge in [-0.15, -0.1) is 28.1 Å². The van der Waals surface area contributed by atoms with Crippen LogP contribution in [0.1, 0.15) is 17.5 Å². The lowest BCUT2D eigenvalue weighted by Crippen LogP contribution is -2.22. The number of nitrogens with zero attached hydrogens (tertiary/aromatic N) is 4. The van der Waals surface area contributed by atoms with Gasteiger partial charge in [0.2, 0.25) is 5.91 Å². The zero-order chi connectivity index (χ0) is 21.0. The molecule has 0 saturated heterocycles. The van der Waals surface area contributed by atoms with E-state index in [2.05, 4.69) is 27.1 Å². The van der Waals surface area contributed by atoms with Gasteiger partial charge >= 0.3 is 0 Å². The molecular weight excluding hydrogens is 406 g/mol. The standard InChI is InChI=1S/C20H23N5O2S2/c1-6-11-25-17(15-9-7-8-10-16(15)27-5)23-24-20(25)29-14(4)18(26)22-19-21-12(2)13(3)28-19/h6-10,14H,1,11H2,2-5H3,(H,21,22,26)/t14-/m1/s1. The molecular formula is C20H23N5O2S2. The Labute approximate surface area is 178 Å². The fourth-order valence-electron chi connectivity index (χ4n) is 2.64. The van der Waals surface area contributed by atoms with E-state index in [9.17, 15) is 4.79 Å². The minimum atomic E-state index is -0.377. The maximum atomic E-state index is 12.6. The van der Waals surface area contributed by atoms with E-state index >= 15 is 0 Å². The van der Waals surface area contributed by atoms with Crippen molar-refractivity contribution < 1.29 is 9.53 Å². The number of benzene rings is 1. The van der Waals surface area contributed by atoms with E-state index in [1.165, 1.54) is 23.1 Å². The SMILES string of the molecule is C=CCn1c(S[C@H](C)C(=O)Nc2nc(C)c(C)s2)nnc1-c1ccccc1OC. The third-order valence-corrected chi connectivity index (χ3v) is 6.36. The van der Waals surface area contributed by atoms with Gasteiger partial charge in [0.15, 0.2) is 16.1 Å². The molecule has 0 aliphatic heterocycles. The van der Waals surface area contributed by atoms with Crippen LogP contribution in [0.2, 0.25) is 0 Å². The highest BCUT2D eigenvalue weighted by atomic mass is 32.2. The molecule has 0 saturated carbocycles. The molecule has 152 valence electrons. The number of thiazole rings is 1. The molecule has 7 nitrogen and oxygen atoms in total. The minimum Gasteiger partial charge on any atom is -0.496 e. The number of methoxy groups -OCH3 is 1. The second kappa shape index (κ2) is 9.23. The number of aromatic nitrogens is 4. The van der Waals surface area contributed by atoms with Crippen LogP contribution in [-0.2, 0) is 11.3 Å². The summed E-state index contributed by atoms with van der Waals surface area (Å²) in [5.41, 5.74) is 1.76. The number of rotatable bonds is 8. The summed E-state index contributed by atoms with van der Waals surface area (Å²) in [6.07, 6.45) is 1.78. The van der Waals surface area contributed by atoms with Crippen LogP contribution in [0.4, 0.5) is 5.13 Å². The number of aryl methyl sites for hydroxylation is 2. The predicted octanol–water partition coefficient (Wildman–Crippen LogP) is 4.33. The third kappa shape index (κ3) is 4.68. The van der Waals surface area contributed by atoms with Gasteiger partial charge in [0.1, 0.15) is 5.75 Å². The van der Waals surface area contributed by atoms with Gasteiger partial charge in [0, 0.05) is 11.4 Å². The van der Waals surface area contributed by atoms with Gasteiger partial charge in [-0.1, -0.05) is 30.0 Å². The molecule has 2 aromatic heterocycles. The van der Waals surface area contributed by atoms with Crippen molar-refractivity contribution >= 4 is 34.1 Å². The highest BCUT2D eigenvalue weighted by Crippen LogP contribution is 2.32. The minimum absolute atomic E-state index is 0.129. The first-order valence-corrected chi connectivity index (χ1v) is 10.7. The van der Waals surface area contributed by atoms with E-state index in [1.54, 1.807) is 13.2 Å². The lowest BCUT2D eigenvalue weighted by molar-refractivity contribution is -0.115. The maximum Gasteiger partial charge on any atom is 0.239 e. The molecule has 3 rings (SSSR count). The third-order valence-electron chi connectivity index (χ3n) is 4.29. The molecule has 9 heteroatoms. The number of thioether (sulfide) groups is 1. The summed E-state index contributed by atoms with van der Waals surface area (Å²) >= 11 is 2.81. The van der Waals surface area contributed by atoms with E-state index in [0.29, 0.717) is 28.4 Å². The topological polar surface area (TPSA) is 81.9 Å². The van der Waals surface area contributed by atoms with Crippen LogP contribution in [0.25, 0.3) is 11.4 Å². The lowest BCUT2D eigenvalue weighted by Gasteiger charge is -2.13. The number of anilines is 1. The number of hydrogen-bond donors (Lipinski definition) is 1. The molecule has 0 aliphatic rings. The van der Waals surface area contributed by atoms with Gasteiger partial charge < -0.3 is 10.1 Å². The highest BCUT2D eigenvalue weighted by molar-refractivity contribution is 8.00. The summed E-state index contributed by atoms with van der Waals surface area (Å²) < 4.78 is 7.38. The van der Waals surface area contributed by atoms with Crippen molar-refractivity contribution in [2.45, 2.75) is 37.7 Å². The number of amides is 1. The lowest BCUT2D eigenvalue weighted by atomic mass is 10.2. The molecule has 0 aliphatic carbocycles. The Balaban J connectivity index is 1.82. The number of allylic oxidation sites excluding steroid dienone is 1. The Morgan fingerprint density at radius 2 is 2.14 bits per heavy atom. The van der Waals surface area contributed by atoms with Crippen molar-refractivity contribution in [1.82, 2.24) is 19.7 Å². The monoisotopic (exact) mass is 429 g/mol. The number of ether oxygens (including phenoxy) is 1. The van der Waals surface area contributed by atoms with Crippen LogP contribution in [-0.4, -0.2) is 38.0 Å². The number of carbonyl (C=O) groups excluding carboxylic acids is 1. The molecule has 29 heavy (non-hydrogen) atoms. The Kier molecular flexibility index (Phi) is 6.71. The molecule has 1 amide bonds. The first-order valence-electron chi connectivity index (χ1n) is 9.03. The van der Waals surface area contributed by atoms with E-state index in [-0.39, 0.29) is 11.2 Å². The second-order valence-corrected chi connectivity index (χ2v) is 8.83. The predicted molar refractivity (Wildman–Crippen MR) is 118 cm³/mol. The molecule has 2 heterocycles. The normalized spacial score (nSPS) is 11.9. The fourth-order valence-corrected chi connectivity index (χ4v) is 4.32. The van der Waals surface area contributed by atoms with Crippen LogP contribution in [0.15, 0.2) is 42.1 Å². The number of para-hydroxylation sites is 1. The van der Waals surface area contributed by atoms with Gasteiger partial charge in [-0.2, -0.15) is 0 Å². The Morgan fingerprint density at radius 1 is 1.38 bits per heavy atom.